The molecule has 0 aliphatic rings. The minimum atomic E-state index is -4.16. The van der Waals surface area contributed by atoms with Crippen molar-refractivity contribution in [1.82, 2.24) is 9.88 Å². The van der Waals surface area contributed by atoms with E-state index >= 15 is 0 Å². The normalized spacial score (nSPS) is 12.3. The van der Waals surface area contributed by atoms with E-state index in [2.05, 4.69) is 5.32 Å². The maximum Gasteiger partial charge on any atom is 0.401 e. The van der Waals surface area contributed by atoms with Crippen LogP contribution < -0.4 is 10.1 Å². The van der Waals surface area contributed by atoms with Crippen LogP contribution >= 0.6 is 0 Å². The van der Waals surface area contributed by atoms with E-state index < -0.39 is 12.7 Å². The highest BCUT2D eigenvalue weighted by Crippen LogP contribution is 2.22. The molecule has 0 bridgehead atoms. The Hall–Kier alpha value is -1.69. The van der Waals surface area contributed by atoms with Crippen LogP contribution in [0.25, 0.3) is 10.9 Å². The summed E-state index contributed by atoms with van der Waals surface area (Å²) >= 11 is 0. The molecule has 0 atom stereocenters. The van der Waals surface area contributed by atoms with E-state index in [0.29, 0.717) is 6.54 Å². The van der Waals surface area contributed by atoms with Crippen LogP contribution in [0.3, 0.4) is 0 Å². The fourth-order valence-electron chi connectivity index (χ4n) is 2.15. The van der Waals surface area contributed by atoms with Gasteiger partial charge in [-0.3, -0.25) is 0 Å². The molecule has 0 amide bonds. The van der Waals surface area contributed by atoms with Crippen molar-refractivity contribution >= 4 is 10.9 Å². The van der Waals surface area contributed by atoms with Crippen molar-refractivity contribution in [2.45, 2.75) is 32.7 Å². The standard InChI is InChI=1S/C15H19F3N2O/c1-11(2)21-13-3-4-14-12(9-13)5-7-20(14)8-6-19-10-15(16,17)18/h3-5,7,9,11,19H,6,8,10H2,1-2H3. The average Bonchev–Trinajstić information content (AvgIpc) is 2.75. The summed E-state index contributed by atoms with van der Waals surface area (Å²) in [6.45, 7) is 3.72. The van der Waals surface area contributed by atoms with Gasteiger partial charge in [0.1, 0.15) is 5.75 Å². The number of nitrogens with one attached hydrogen (secondary N) is 1. The van der Waals surface area contributed by atoms with Gasteiger partial charge in [-0.15, -0.1) is 0 Å². The van der Waals surface area contributed by atoms with Crippen molar-refractivity contribution in [3.05, 3.63) is 30.5 Å². The zero-order valence-electron chi connectivity index (χ0n) is 12.1. The number of alkyl halides is 3. The second-order valence-corrected chi connectivity index (χ2v) is 5.19. The maximum absolute atomic E-state index is 12.0. The number of hydrogen-bond donors (Lipinski definition) is 1. The molecule has 1 aromatic heterocycles. The molecule has 2 aromatic rings. The van der Waals surface area contributed by atoms with Crippen molar-refractivity contribution in [3.63, 3.8) is 0 Å². The van der Waals surface area contributed by atoms with E-state index in [4.69, 9.17) is 4.74 Å². The lowest BCUT2D eigenvalue weighted by atomic mass is 10.2. The van der Waals surface area contributed by atoms with E-state index in [1.807, 2.05) is 48.9 Å². The van der Waals surface area contributed by atoms with Gasteiger partial charge in [-0.2, -0.15) is 13.2 Å². The molecule has 1 aromatic carbocycles. The third kappa shape index (κ3) is 4.67. The molecule has 0 radical (unpaired) electrons. The van der Waals surface area contributed by atoms with Crippen LogP contribution in [-0.2, 0) is 6.54 Å². The lowest BCUT2D eigenvalue weighted by Crippen LogP contribution is -2.31. The first-order chi connectivity index (χ1) is 9.85. The Morgan fingerprint density at radius 3 is 2.67 bits per heavy atom. The van der Waals surface area contributed by atoms with Crippen molar-refractivity contribution in [1.29, 1.82) is 0 Å². The molecule has 0 saturated carbocycles. The van der Waals surface area contributed by atoms with Crippen LogP contribution in [0.1, 0.15) is 13.8 Å². The first-order valence-electron chi connectivity index (χ1n) is 6.88. The van der Waals surface area contributed by atoms with Gasteiger partial charge < -0.3 is 14.6 Å². The van der Waals surface area contributed by atoms with Crippen molar-refractivity contribution in [2.24, 2.45) is 0 Å². The highest BCUT2D eigenvalue weighted by atomic mass is 19.4. The number of hydrogen-bond acceptors (Lipinski definition) is 2. The summed E-state index contributed by atoms with van der Waals surface area (Å²) in [5.74, 6) is 0.797. The molecule has 3 nitrogen and oxygen atoms in total. The monoisotopic (exact) mass is 300 g/mol. The van der Waals surface area contributed by atoms with Gasteiger partial charge in [-0.05, 0) is 38.1 Å². The van der Waals surface area contributed by atoms with Gasteiger partial charge in [-0.1, -0.05) is 0 Å². The SMILES string of the molecule is CC(C)Oc1ccc2c(ccn2CCNCC(F)(F)F)c1. The Balaban J connectivity index is 1.98. The summed E-state index contributed by atoms with van der Waals surface area (Å²) in [5, 5.41) is 3.41. The number of benzene rings is 1. The zero-order valence-corrected chi connectivity index (χ0v) is 12.1. The lowest BCUT2D eigenvalue weighted by molar-refractivity contribution is -0.124. The minimum absolute atomic E-state index is 0.108. The van der Waals surface area contributed by atoms with E-state index in [9.17, 15) is 13.2 Å². The van der Waals surface area contributed by atoms with Crippen molar-refractivity contribution in [3.8, 4) is 5.75 Å². The molecule has 0 fully saturated rings. The molecule has 0 spiro atoms. The largest absolute Gasteiger partial charge is 0.491 e. The molecule has 2 rings (SSSR count). The summed E-state index contributed by atoms with van der Waals surface area (Å²) in [6.07, 6.45) is -2.18. The maximum atomic E-state index is 12.0. The highest BCUT2D eigenvalue weighted by Gasteiger charge is 2.25. The zero-order chi connectivity index (χ0) is 15.5. The van der Waals surface area contributed by atoms with Gasteiger partial charge in [-0.25, -0.2) is 0 Å². The van der Waals surface area contributed by atoms with E-state index in [0.717, 1.165) is 16.7 Å². The summed E-state index contributed by atoms with van der Waals surface area (Å²) < 4.78 is 43.7. The fraction of sp³-hybridized carbons (Fsp3) is 0.467. The molecule has 21 heavy (non-hydrogen) atoms. The van der Waals surface area contributed by atoms with Gasteiger partial charge in [0, 0.05) is 30.2 Å². The molecule has 6 heteroatoms. The number of aromatic nitrogens is 1. The Bertz CT molecular complexity index is 590. The van der Waals surface area contributed by atoms with E-state index in [1.165, 1.54) is 0 Å². The lowest BCUT2D eigenvalue weighted by Gasteiger charge is -2.11. The first-order valence-corrected chi connectivity index (χ1v) is 6.88. The number of nitrogens with zero attached hydrogens (tertiary/aromatic N) is 1. The average molecular weight is 300 g/mol. The van der Waals surface area contributed by atoms with Crippen molar-refractivity contribution in [2.75, 3.05) is 13.1 Å². The fourth-order valence-corrected chi connectivity index (χ4v) is 2.15. The van der Waals surface area contributed by atoms with Crippen LogP contribution in [0, 0.1) is 0 Å². The summed E-state index contributed by atoms with van der Waals surface area (Å²) in [5.41, 5.74) is 0.986. The number of rotatable bonds is 6. The van der Waals surface area contributed by atoms with Crippen LogP contribution in [0.2, 0.25) is 0 Å². The number of halogens is 3. The third-order valence-electron chi connectivity index (χ3n) is 2.97. The molecule has 1 heterocycles. The first kappa shape index (κ1) is 15.7. The third-order valence-corrected chi connectivity index (χ3v) is 2.97. The predicted octanol–water partition coefficient (Wildman–Crippen LogP) is 3.58. The summed E-state index contributed by atoms with van der Waals surface area (Å²) in [6, 6.07) is 7.68. The quantitative estimate of drug-likeness (QED) is 0.825. The molecule has 0 aliphatic carbocycles. The topological polar surface area (TPSA) is 26.2 Å². The van der Waals surface area contributed by atoms with Crippen LogP contribution in [-0.4, -0.2) is 29.9 Å². The molecule has 0 unspecified atom stereocenters. The predicted molar refractivity (Wildman–Crippen MR) is 76.6 cm³/mol. The smallest absolute Gasteiger partial charge is 0.401 e. The highest BCUT2D eigenvalue weighted by molar-refractivity contribution is 5.81. The van der Waals surface area contributed by atoms with Crippen LogP contribution in [0.4, 0.5) is 13.2 Å². The second-order valence-electron chi connectivity index (χ2n) is 5.19. The number of fused-ring (bicyclic) bond motifs is 1. The van der Waals surface area contributed by atoms with Gasteiger partial charge in [0.05, 0.1) is 12.6 Å². The van der Waals surface area contributed by atoms with E-state index in [1.54, 1.807) is 0 Å². The second kappa shape index (κ2) is 6.39. The van der Waals surface area contributed by atoms with Gasteiger partial charge in [0.15, 0.2) is 0 Å². The molecule has 0 saturated heterocycles. The van der Waals surface area contributed by atoms with Gasteiger partial charge in [0.25, 0.3) is 0 Å². The minimum Gasteiger partial charge on any atom is -0.491 e. The molecule has 1 N–H and O–H groups in total. The summed E-state index contributed by atoms with van der Waals surface area (Å²) in [4.78, 5) is 0. The Labute approximate surface area is 121 Å². The molecule has 0 aliphatic heterocycles. The Morgan fingerprint density at radius 1 is 1.24 bits per heavy atom. The van der Waals surface area contributed by atoms with Gasteiger partial charge >= 0.3 is 6.18 Å². The molecule has 116 valence electrons. The Kier molecular flexibility index (Phi) is 4.77. The molecular weight excluding hydrogens is 281 g/mol. The summed E-state index contributed by atoms with van der Waals surface area (Å²) in [7, 11) is 0. The van der Waals surface area contributed by atoms with Crippen LogP contribution in [0.15, 0.2) is 30.5 Å². The Morgan fingerprint density at radius 2 is 2.00 bits per heavy atom. The van der Waals surface area contributed by atoms with Gasteiger partial charge in [0.2, 0.25) is 0 Å². The molecular formula is C15H19F3N2O. The van der Waals surface area contributed by atoms with Crippen molar-refractivity contribution < 1.29 is 17.9 Å². The van der Waals surface area contributed by atoms with Crippen LogP contribution in [0.5, 0.6) is 5.75 Å². The number of ether oxygens (including phenoxy) is 1. The van der Waals surface area contributed by atoms with E-state index in [-0.39, 0.29) is 12.6 Å².